The van der Waals surface area contributed by atoms with Gasteiger partial charge in [-0.3, -0.25) is 0 Å². The van der Waals surface area contributed by atoms with E-state index < -0.39 is 0 Å². The third kappa shape index (κ3) is 1.20. The molecular weight excluding hydrogens is 160 g/mol. The lowest BCUT2D eigenvalue weighted by molar-refractivity contribution is 0.196. The van der Waals surface area contributed by atoms with Crippen molar-refractivity contribution in [2.24, 2.45) is 11.8 Å². The lowest BCUT2D eigenvalue weighted by Gasteiger charge is -2.35. The van der Waals surface area contributed by atoms with Crippen molar-refractivity contribution in [3.63, 3.8) is 0 Å². The van der Waals surface area contributed by atoms with Crippen LogP contribution in [-0.4, -0.2) is 6.61 Å². The molecule has 0 bridgehead atoms. The average Bonchev–Trinajstić information content (AvgIpc) is 2.65. The van der Waals surface area contributed by atoms with E-state index in [1.165, 1.54) is 50.7 Å². The van der Waals surface area contributed by atoms with Gasteiger partial charge in [0.1, 0.15) is 0 Å². The summed E-state index contributed by atoms with van der Waals surface area (Å²) in [7, 11) is 0. The fourth-order valence-corrected chi connectivity index (χ4v) is 3.47. The van der Waals surface area contributed by atoms with Gasteiger partial charge < -0.3 is 4.74 Å². The van der Waals surface area contributed by atoms with E-state index in [9.17, 15) is 0 Å². The second-order valence-electron chi connectivity index (χ2n) is 4.74. The van der Waals surface area contributed by atoms with Crippen LogP contribution in [0.4, 0.5) is 0 Å². The Morgan fingerprint density at radius 2 is 1.92 bits per heavy atom. The molecule has 13 heavy (non-hydrogen) atoms. The topological polar surface area (TPSA) is 9.23 Å². The first-order valence-electron chi connectivity index (χ1n) is 5.80. The molecule has 1 saturated carbocycles. The maximum absolute atomic E-state index is 5.69. The van der Waals surface area contributed by atoms with Crippen molar-refractivity contribution in [1.29, 1.82) is 0 Å². The predicted molar refractivity (Wildman–Crippen MR) is 52.3 cm³/mol. The fraction of sp³-hybridized carbons (Fsp3) is 0.833. The van der Waals surface area contributed by atoms with E-state index in [0.717, 1.165) is 18.4 Å². The van der Waals surface area contributed by atoms with E-state index in [2.05, 4.69) is 0 Å². The molecule has 1 fully saturated rings. The van der Waals surface area contributed by atoms with Crippen LogP contribution in [0.2, 0.25) is 0 Å². The second-order valence-corrected chi connectivity index (χ2v) is 4.74. The summed E-state index contributed by atoms with van der Waals surface area (Å²) < 4.78 is 5.69. The van der Waals surface area contributed by atoms with Crippen molar-refractivity contribution in [3.8, 4) is 0 Å². The Hall–Kier alpha value is -0.460. The lowest BCUT2D eigenvalue weighted by Crippen LogP contribution is -2.24. The summed E-state index contributed by atoms with van der Waals surface area (Å²) in [6.07, 6.45) is 9.77. The molecule has 72 valence electrons. The van der Waals surface area contributed by atoms with Crippen molar-refractivity contribution >= 4 is 0 Å². The van der Waals surface area contributed by atoms with Gasteiger partial charge in [-0.05, 0) is 36.7 Å². The van der Waals surface area contributed by atoms with Gasteiger partial charge in [0.25, 0.3) is 0 Å². The number of hydrogen-bond donors (Lipinski definition) is 0. The maximum Gasteiger partial charge on any atom is 0.0956 e. The first-order chi connectivity index (χ1) is 6.45. The smallest absolute Gasteiger partial charge is 0.0956 e. The van der Waals surface area contributed by atoms with Gasteiger partial charge in [0.2, 0.25) is 0 Å². The summed E-state index contributed by atoms with van der Waals surface area (Å²) >= 11 is 0. The summed E-state index contributed by atoms with van der Waals surface area (Å²) in [5.74, 6) is 3.34. The fourth-order valence-electron chi connectivity index (χ4n) is 3.47. The molecule has 0 saturated heterocycles. The van der Waals surface area contributed by atoms with Gasteiger partial charge in [0.15, 0.2) is 0 Å². The zero-order valence-electron chi connectivity index (χ0n) is 8.22. The highest BCUT2D eigenvalue weighted by atomic mass is 16.5. The third-order valence-corrected chi connectivity index (χ3v) is 4.10. The van der Waals surface area contributed by atoms with Crippen LogP contribution in [0.15, 0.2) is 11.3 Å². The van der Waals surface area contributed by atoms with Crippen molar-refractivity contribution < 1.29 is 4.74 Å². The van der Waals surface area contributed by atoms with E-state index >= 15 is 0 Å². The molecule has 3 rings (SSSR count). The minimum absolute atomic E-state index is 0.931. The highest BCUT2D eigenvalue weighted by Gasteiger charge is 2.35. The first-order valence-corrected chi connectivity index (χ1v) is 5.80. The molecule has 1 aliphatic heterocycles. The van der Waals surface area contributed by atoms with E-state index in [-0.39, 0.29) is 0 Å². The molecule has 3 aliphatic rings. The Labute approximate surface area is 80.2 Å². The normalized spacial score (nSPS) is 38.2. The van der Waals surface area contributed by atoms with Crippen LogP contribution >= 0.6 is 0 Å². The molecule has 2 aliphatic carbocycles. The van der Waals surface area contributed by atoms with E-state index in [4.69, 9.17) is 4.74 Å². The number of fused-ring (bicyclic) bond motifs is 2. The Morgan fingerprint density at radius 3 is 2.92 bits per heavy atom. The van der Waals surface area contributed by atoms with E-state index in [0.29, 0.717) is 0 Å². The Morgan fingerprint density at radius 1 is 1.00 bits per heavy atom. The monoisotopic (exact) mass is 178 g/mol. The van der Waals surface area contributed by atoms with E-state index in [1.54, 1.807) is 5.57 Å². The van der Waals surface area contributed by atoms with Gasteiger partial charge in [-0.25, -0.2) is 0 Å². The van der Waals surface area contributed by atoms with Gasteiger partial charge in [0, 0.05) is 12.8 Å². The number of ether oxygens (including phenoxy) is 1. The van der Waals surface area contributed by atoms with Crippen molar-refractivity contribution in [2.45, 2.75) is 44.9 Å². The number of hydrogen-bond acceptors (Lipinski definition) is 1. The zero-order valence-corrected chi connectivity index (χ0v) is 8.22. The standard InChI is InChI=1S/C12H18O/c1-2-4-10-9(3-1)5-6-12-11(10)7-8-13-12/h9-10H,1-8H2. The van der Waals surface area contributed by atoms with Crippen molar-refractivity contribution in [3.05, 3.63) is 11.3 Å². The van der Waals surface area contributed by atoms with Crippen LogP contribution < -0.4 is 0 Å². The molecular formula is C12H18O. The summed E-state index contributed by atoms with van der Waals surface area (Å²) in [4.78, 5) is 0. The third-order valence-electron chi connectivity index (χ3n) is 4.10. The lowest BCUT2D eigenvalue weighted by atomic mass is 9.69. The summed E-state index contributed by atoms with van der Waals surface area (Å²) in [6.45, 7) is 0.980. The molecule has 2 atom stereocenters. The molecule has 0 spiro atoms. The van der Waals surface area contributed by atoms with Gasteiger partial charge in [-0.1, -0.05) is 12.8 Å². The van der Waals surface area contributed by atoms with Crippen molar-refractivity contribution in [1.82, 2.24) is 0 Å². The molecule has 1 nitrogen and oxygen atoms in total. The molecule has 1 heterocycles. The van der Waals surface area contributed by atoms with Gasteiger partial charge in [-0.2, -0.15) is 0 Å². The molecule has 0 radical (unpaired) electrons. The molecule has 0 amide bonds. The average molecular weight is 178 g/mol. The second kappa shape index (κ2) is 3.04. The SMILES string of the molecule is C1CCC2C3=C(CCC2C1)OCC3. The van der Waals surface area contributed by atoms with Crippen LogP contribution in [0.25, 0.3) is 0 Å². The molecule has 0 N–H and O–H groups in total. The highest BCUT2D eigenvalue weighted by Crippen LogP contribution is 2.46. The van der Waals surface area contributed by atoms with E-state index in [1.807, 2.05) is 0 Å². The zero-order chi connectivity index (χ0) is 8.67. The Bertz CT molecular complexity index is 242. The van der Waals surface area contributed by atoms with Gasteiger partial charge in [0.05, 0.1) is 12.4 Å². The highest BCUT2D eigenvalue weighted by molar-refractivity contribution is 5.21. The largest absolute Gasteiger partial charge is 0.498 e. The van der Waals surface area contributed by atoms with Crippen molar-refractivity contribution in [2.75, 3.05) is 6.61 Å². The molecule has 0 aromatic carbocycles. The summed E-state index contributed by atoms with van der Waals surface area (Å²) in [5.41, 5.74) is 1.72. The first kappa shape index (κ1) is 7.90. The Balaban J connectivity index is 1.88. The van der Waals surface area contributed by atoms with Crippen LogP contribution in [0.3, 0.4) is 0 Å². The predicted octanol–water partition coefficient (Wildman–Crippen LogP) is 3.26. The Kier molecular flexibility index (Phi) is 1.85. The van der Waals surface area contributed by atoms with Crippen LogP contribution in [0, 0.1) is 11.8 Å². The van der Waals surface area contributed by atoms with Crippen LogP contribution in [0.1, 0.15) is 44.9 Å². The minimum Gasteiger partial charge on any atom is -0.498 e. The molecule has 2 unspecified atom stereocenters. The molecule has 0 aromatic heterocycles. The number of allylic oxidation sites excluding steroid dienone is 1. The maximum atomic E-state index is 5.69. The van der Waals surface area contributed by atoms with Gasteiger partial charge in [-0.15, -0.1) is 0 Å². The van der Waals surface area contributed by atoms with Crippen LogP contribution in [-0.2, 0) is 4.74 Å². The summed E-state index contributed by atoms with van der Waals surface area (Å²) in [6, 6.07) is 0. The summed E-state index contributed by atoms with van der Waals surface area (Å²) in [5, 5.41) is 0. The number of rotatable bonds is 0. The quantitative estimate of drug-likeness (QED) is 0.553. The van der Waals surface area contributed by atoms with Crippen LogP contribution in [0.5, 0.6) is 0 Å². The van der Waals surface area contributed by atoms with Gasteiger partial charge >= 0.3 is 0 Å². The molecule has 0 aromatic rings. The minimum atomic E-state index is 0.931. The molecule has 1 heteroatoms.